The predicted octanol–water partition coefficient (Wildman–Crippen LogP) is 2.20. The maximum atomic E-state index is 12.3. The Bertz CT molecular complexity index is 790. The maximum absolute atomic E-state index is 12.3. The van der Waals surface area contributed by atoms with Crippen molar-refractivity contribution in [1.29, 1.82) is 0 Å². The molecule has 0 spiro atoms. The molecular weight excluding hydrogens is 293 g/mol. The lowest BCUT2D eigenvalue weighted by molar-refractivity contribution is -0.137. The van der Waals surface area contributed by atoms with E-state index in [1.54, 1.807) is 0 Å². The Kier molecular flexibility index (Phi) is 3.61. The van der Waals surface area contributed by atoms with Crippen LogP contribution in [-0.2, 0) is 6.18 Å². The summed E-state index contributed by atoms with van der Waals surface area (Å²) < 4.78 is 37.0. The number of hydrogen-bond donors (Lipinski definition) is 3. The molecule has 0 aliphatic heterocycles. The van der Waals surface area contributed by atoms with Crippen molar-refractivity contribution in [2.75, 3.05) is 0 Å². The van der Waals surface area contributed by atoms with Gasteiger partial charge in [0.15, 0.2) is 0 Å². The highest BCUT2D eigenvalue weighted by Gasteiger charge is 2.29. The number of aromatic amines is 2. The number of rotatable bonds is 2. The number of aromatic nitrogens is 2. The molecule has 0 atom stereocenters. The normalized spacial score (nSPS) is 12.0. The zero-order valence-electron chi connectivity index (χ0n) is 10.1. The quantitative estimate of drug-likeness (QED) is 0.739. The summed E-state index contributed by atoms with van der Waals surface area (Å²) in [6, 6.07) is 3.68. The van der Waals surface area contributed by atoms with Gasteiger partial charge in [0.25, 0.3) is 5.56 Å². The summed E-state index contributed by atoms with van der Waals surface area (Å²) in [6.45, 7) is 0. The number of aromatic hydroxyl groups is 1. The third-order valence-corrected chi connectivity index (χ3v) is 2.36. The average Bonchev–Trinajstić information content (AvgIpc) is 2.37. The van der Waals surface area contributed by atoms with Crippen LogP contribution in [0, 0.1) is 0 Å². The molecule has 0 amide bonds. The van der Waals surface area contributed by atoms with Crippen LogP contribution in [0.1, 0.15) is 5.56 Å². The first-order valence-corrected chi connectivity index (χ1v) is 5.42. The fourth-order valence-corrected chi connectivity index (χ4v) is 1.39. The second kappa shape index (κ2) is 5.23. The minimum atomic E-state index is -4.47. The maximum Gasteiger partial charge on any atom is 0.416 e. The first-order chi connectivity index (χ1) is 9.77. The Labute approximate surface area is 113 Å². The number of H-pyrrole nitrogens is 2. The van der Waals surface area contributed by atoms with Gasteiger partial charge in [0, 0.05) is 0 Å². The van der Waals surface area contributed by atoms with Crippen LogP contribution in [0.15, 0.2) is 44.1 Å². The predicted molar refractivity (Wildman–Crippen MR) is 65.0 cm³/mol. The summed E-state index contributed by atoms with van der Waals surface area (Å²) in [5, 5.41) is 16.2. The molecule has 3 N–H and O–H groups in total. The first kappa shape index (κ1) is 14.5. The van der Waals surface area contributed by atoms with E-state index in [4.69, 9.17) is 0 Å². The minimum Gasteiger partial charge on any atom is -0.493 e. The molecule has 0 unspecified atom stereocenters. The van der Waals surface area contributed by atoms with Crippen LogP contribution in [0.3, 0.4) is 0 Å². The van der Waals surface area contributed by atoms with E-state index < -0.39 is 34.6 Å². The van der Waals surface area contributed by atoms with Crippen molar-refractivity contribution in [1.82, 2.24) is 9.97 Å². The summed E-state index contributed by atoms with van der Waals surface area (Å²) in [5.74, 6) is -0.792. The van der Waals surface area contributed by atoms with Crippen molar-refractivity contribution in [2.45, 2.75) is 6.18 Å². The number of azo groups is 1. The number of nitrogens with one attached hydrogen (secondary N) is 2. The average molecular weight is 300 g/mol. The molecule has 0 radical (unpaired) electrons. The van der Waals surface area contributed by atoms with E-state index in [2.05, 4.69) is 10.2 Å². The Morgan fingerprint density at radius 1 is 1.00 bits per heavy atom. The number of hydrogen-bond acceptors (Lipinski definition) is 5. The Morgan fingerprint density at radius 3 is 2.14 bits per heavy atom. The van der Waals surface area contributed by atoms with Crippen LogP contribution in [0.25, 0.3) is 0 Å². The molecule has 1 aromatic heterocycles. The monoisotopic (exact) mass is 300 g/mol. The van der Waals surface area contributed by atoms with Gasteiger partial charge in [0.05, 0.1) is 11.3 Å². The number of halogens is 3. The van der Waals surface area contributed by atoms with E-state index >= 15 is 0 Å². The second-order valence-electron chi connectivity index (χ2n) is 3.85. The van der Waals surface area contributed by atoms with E-state index in [-0.39, 0.29) is 5.69 Å². The Morgan fingerprint density at radius 2 is 1.62 bits per heavy atom. The van der Waals surface area contributed by atoms with E-state index in [1.807, 2.05) is 9.97 Å². The Hall–Kier alpha value is -2.91. The number of nitrogens with zero attached hydrogens (tertiary/aromatic N) is 2. The summed E-state index contributed by atoms with van der Waals surface area (Å²) in [4.78, 5) is 25.9. The smallest absolute Gasteiger partial charge is 0.416 e. The molecule has 2 aromatic rings. The molecule has 0 fully saturated rings. The fourth-order valence-electron chi connectivity index (χ4n) is 1.39. The molecule has 0 saturated heterocycles. The van der Waals surface area contributed by atoms with E-state index in [9.17, 15) is 27.9 Å². The third kappa shape index (κ3) is 3.35. The lowest BCUT2D eigenvalue weighted by atomic mass is 10.2. The van der Waals surface area contributed by atoms with Crippen LogP contribution >= 0.6 is 0 Å². The van der Waals surface area contributed by atoms with Crippen molar-refractivity contribution in [3.63, 3.8) is 0 Å². The van der Waals surface area contributed by atoms with Gasteiger partial charge in [0.1, 0.15) is 0 Å². The highest BCUT2D eigenvalue weighted by Crippen LogP contribution is 2.30. The van der Waals surface area contributed by atoms with Crippen LogP contribution in [-0.4, -0.2) is 15.1 Å². The van der Waals surface area contributed by atoms with Gasteiger partial charge in [-0.2, -0.15) is 18.3 Å². The highest BCUT2D eigenvalue weighted by molar-refractivity contribution is 5.44. The molecule has 7 nitrogen and oxygen atoms in total. The van der Waals surface area contributed by atoms with E-state index in [1.165, 1.54) is 0 Å². The Balaban J connectivity index is 2.31. The topological polar surface area (TPSA) is 111 Å². The van der Waals surface area contributed by atoms with E-state index in [0.29, 0.717) is 0 Å². The summed E-state index contributed by atoms with van der Waals surface area (Å²) in [6.07, 6.45) is -4.47. The summed E-state index contributed by atoms with van der Waals surface area (Å²) >= 11 is 0. The molecular formula is C11H7F3N4O3. The molecule has 1 heterocycles. The standard InChI is InChI=1S/C11H7F3N4O3/c12-11(13,14)5-1-3-6(4-2-5)17-18-7-8(19)15-10(21)16-9(7)20/h1-4H,(H3,15,16,19,20,21). The van der Waals surface area contributed by atoms with Crippen molar-refractivity contribution >= 4 is 11.4 Å². The highest BCUT2D eigenvalue weighted by atomic mass is 19.4. The van der Waals surface area contributed by atoms with E-state index in [0.717, 1.165) is 24.3 Å². The molecule has 0 aliphatic rings. The first-order valence-electron chi connectivity index (χ1n) is 5.42. The van der Waals surface area contributed by atoms with Crippen molar-refractivity contribution in [2.24, 2.45) is 10.2 Å². The van der Waals surface area contributed by atoms with Gasteiger partial charge >= 0.3 is 11.9 Å². The van der Waals surface area contributed by atoms with Crippen LogP contribution in [0.5, 0.6) is 5.88 Å². The lowest BCUT2D eigenvalue weighted by Gasteiger charge is -2.05. The van der Waals surface area contributed by atoms with Crippen LogP contribution in [0.4, 0.5) is 24.5 Å². The molecule has 2 rings (SSSR count). The molecule has 21 heavy (non-hydrogen) atoms. The number of benzene rings is 1. The molecule has 1 aromatic carbocycles. The van der Waals surface area contributed by atoms with Crippen molar-refractivity contribution in [3.05, 3.63) is 50.7 Å². The van der Waals surface area contributed by atoms with Gasteiger partial charge in [-0.1, -0.05) is 0 Å². The molecule has 110 valence electrons. The molecule has 0 bridgehead atoms. The molecule has 10 heteroatoms. The summed E-state index contributed by atoms with van der Waals surface area (Å²) in [7, 11) is 0. The zero-order valence-corrected chi connectivity index (χ0v) is 10.1. The SMILES string of the molecule is O=c1[nH]c(O)c(N=Nc2ccc(C(F)(F)F)cc2)c(=O)[nH]1. The minimum absolute atomic E-state index is 0.0352. The van der Waals surface area contributed by atoms with Crippen molar-refractivity contribution < 1.29 is 18.3 Å². The van der Waals surface area contributed by atoms with Gasteiger partial charge in [-0.25, -0.2) is 4.79 Å². The van der Waals surface area contributed by atoms with Gasteiger partial charge in [-0.05, 0) is 24.3 Å². The summed E-state index contributed by atoms with van der Waals surface area (Å²) in [5.41, 5.74) is -3.29. The van der Waals surface area contributed by atoms with Crippen LogP contribution in [0.2, 0.25) is 0 Å². The fraction of sp³-hybridized carbons (Fsp3) is 0.0909. The van der Waals surface area contributed by atoms with Crippen molar-refractivity contribution in [3.8, 4) is 5.88 Å². The van der Waals surface area contributed by atoms with Gasteiger partial charge in [-0.3, -0.25) is 14.8 Å². The largest absolute Gasteiger partial charge is 0.493 e. The molecule has 0 saturated carbocycles. The third-order valence-electron chi connectivity index (χ3n) is 2.36. The second-order valence-corrected chi connectivity index (χ2v) is 3.85. The van der Waals surface area contributed by atoms with Gasteiger partial charge in [-0.15, -0.1) is 5.11 Å². The lowest BCUT2D eigenvalue weighted by Crippen LogP contribution is -2.20. The van der Waals surface area contributed by atoms with Crippen LogP contribution < -0.4 is 11.2 Å². The molecule has 0 aliphatic carbocycles. The van der Waals surface area contributed by atoms with Gasteiger partial charge in [0.2, 0.25) is 11.6 Å². The zero-order chi connectivity index (χ0) is 15.6. The van der Waals surface area contributed by atoms with Gasteiger partial charge < -0.3 is 5.11 Å². The number of alkyl halides is 3.